The molecule has 1 fully saturated rings. The first-order valence-corrected chi connectivity index (χ1v) is 9.06. The molecule has 1 aliphatic rings. The third-order valence-corrected chi connectivity index (χ3v) is 4.65. The zero-order valence-electron chi connectivity index (χ0n) is 15.6. The van der Waals surface area contributed by atoms with Crippen LogP contribution in [0, 0.1) is 0 Å². The van der Waals surface area contributed by atoms with E-state index in [9.17, 15) is 0 Å². The number of aliphatic imine (C=N–C) groups is 1. The van der Waals surface area contributed by atoms with Crippen LogP contribution in [0.5, 0.6) is 11.5 Å². The fourth-order valence-corrected chi connectivity index (χ4v) is 3.19. The van der Waals surface area contributed by atoms with Crippen LogP contribution < -0.4 is 9.47 Å². The Morgan fingerprint density at radius 2 is 1.58 bits per heavy atom. The van der Waals surface area contributed by atoms with Crippen molar-refractivity contribution >= 4 is 5.84 Å². The van der Waals surface area contributed by atoms with Gasteiger partial charge in [0.25, 0.3) is 0 Å². The molecule has 0 aliphatic carbocycles. The first-order chi connectivity index (χ1) is 12.8. The molecule has 0 saturated carbocycles. The SMILES string of the molecule is CN=C(c1ccccc1)N1CCN(CCOc2ccc(OC)cc2)CC1. The van der Waals surface area contributed by atoms with Crippen LogP contribution >= 0.6 is 0 Å². The Bertz CT molecular complexity index is 693. The molecule has 0 aromatic heterocycles. The first-order valence-electron chi connectivity index (χ1n) is 9.06. The molecular weight excluding hydrogens is 326 g/mol. The Balaban J connectivity index is 1.43. The van der Waals surface area contributed by atoms with Gasteiger partial charge in [-0.3, -0.25) is 9.89 Å². The quantitative estimate of drug-likeness (QED) is 0.591. The van der Waals surface area contributed by atoms with Gasteiger partial charge in [-0.25, -0.2) is 0 Å². The highest BCUT2D eigenvalue weighted by atomic mass is 16.5. The molecule has 0 spiro atoms. The van der Waals surface area contributed by atoms with Gasteiger partial charge in [-0.1, -0.05) is 30.3 Å². The lowest BCUT2D eigenvalue weighted by Crippen LogP contribution is -2.49. The summed E-state index contributed by atoms with van der Waals surface area (Å²) in [5.74, 6) is 2.81. The van der Waals surface area contributed by atoms with Crippen molar-refractivity contribution in [3.05, 3.63) is 60.2 Å². The third-order valence-electron chi connectivity index (χ3n) is 4.65. The predicted molar refractivity (Wildman–Crippen MR) is 105 cm³/mol. The minimum Gasteiger partial charge on any atom is -0.497 e. The van der Waals surface area contributed by atoms with E-state index in [0.29, 0.717) is 6.61 Å². The maximum atomic E-state index is 5.84. The van der Waals surface area contributed by atoms with Crippen molar-refractivity contribution < 1.29 is 9.47 Å². The Morgan fingerprint density at radius 3 is 2.19 bits per heavy atom. The summed E-state index contributed by atoms with van der Waals surface area (Å²) in [5.41, 5.74) is 1.19. The Kier molecular flexibility index (Phi) is 6.50. The van der Waals surface area contributed by atoms with Gasteiger partial charge in [-0.05, 0) is 24.3 Å². The molecule has 1 heterocycles. The van der Waals surface area contributed by atoms with Crippen LogP contribution in [0.15, 0.2) is 59.6 Å². The summed E-state index contributed by atoms with van der Waals surface area (Å²) < 4.78 is 11.0. The molecule has 5 heteroatoms. The monoisotopic (exact) mass is 353 g/mol. The molecule has 0 amide bonds. The Morgan fingerprint density at radius 1 is 0.923 bits per heavy atom. The molecule has 2 aromatic rings. The van der Waals surface area contributed by atoms with Crippen molar-refractivity contribution in [2.75, 3.05) is 53.5 Å². The second kappa shape index (κ2) is 9.25. The highest BCUT2D eigenvalue weighted by Crippen LogP contribution is 2.17. The lowest BCUT2D eigenvalue weighted by atomic mass is 10.1. The molecule has 138 valence electrons. The molecule has 5 nitrogen and oxygen atoms in total. The number of amidine groups is 1. The molecule has 0 bridgehead atoms. The molecular formula is C21H27N3O2. The number of benzene rings is 2. The van der Waals surface area contributed by atoms with Crippen molar-refractivity contribution in [3.8, 4) is 11.5 Å². The zero-order chi connectivity index (χ0) is 18.2. The van der Waals surface area contributed by atoms with Gasteiger partial charge >= 0.3 is 0 Å². The van der Waals surface area contributed by atoms with E-state index in [-0.39, 0.29) is 0 Å². The van der Waals surface area contributed by atoms with Crippen LogP contribution in [0.2, 0.25) is 0 Å². The fourth-order valence-electron chi connectivity index (χ4n) is 3.19. The van der Waals surface area contributed by atoms with E-state index < -0.39 is 0 Å². The Hall–Kier alpha value is -2.53. The number of hydrogen-bond acceptors (Lipinski definition) is 4. The molecule has 0 N–H and O–H groups in total. The van der Waals surface area contributed by atoms with Crippen LogP contribution in [-0.4, -0.2) is 69.1 Å². The van der Waals surface area contributed by atoms with Crippen LogP contribution in [-0.2, 0) is 0 Å². The molecule has 1 saturated heterocycles. The average molecular weight is 353 g/mol. The molecule has 1 aliphatic heterocycles. The van der Waals surface area contributed by atoms with Crippen LogP contribution in [0.1, 0.15) is 5.56 Å². The van der Waals surface area contributed by atoms with Gasteiger partial charge in [0.1, 0.15) is 23.9 Å². The van der Waals surface area contributed by atoms with Gasteiger partial charge in [0.05, 0.1) is 7.11 Å². The topological polar surface area (TPSA) is 37.3 Å². The Labute approximate surface area is 155 Å². The molecule has 26 heavy (non-hydrogen) atoms. The highest BCUT2D eigenvalue weighted by Gasteiger charge is 2.20. The largest absolute Gasteiger partial charge is 0.497 e. The number of rotatable bonds is 6. The smallest absolute Gasteiger partial charge is 0.130 e. The number of ether oxygens (including phenoxy) is 2. The maximum absolute atomic E-state index is 5.84. The van der Waals surface area contributed by atoms with Gasteiger partial charge in [0.15, 0.2) is 0 Å². The molecule has 2 aromatic carbocycles. The van der Waals surface area contributed by atoms with E-state index >= 15 is 0 Å². The summed E-state index contributed by atoms with van der Waals surface area (Å²) in [6, 6.07) is 18.1. The highest BCUT2D eigenvalue weighted by molar-refractivity contribution is 5.98. The van der Waals surface area contributed by atoms with Crippen molar-refractivity contribution in [2.24, 2.45) is 4.99 Å². The van der Waals surface area contributed by atoms with Gasteiger partial charge < -0.3 is 14.4 Å². The van der Waals surface area contributed by atoms with Crippen molar-refractivity contribution in [1.82, 2.24) is 9.80 Å². The van der Waals surface area contributed by atoms with Gasteiger partial charge in [0, 0.05) is 45.3 Å². The maximum Gasteiger partial charge on any atom is 0.130 e. The van der Waals surface area contributed by atoms with Crippen molar-refractivity contribution in [1.29, 1.82) is 0 Å². The fraction of sp³-hybridized carbons (Fsp3) is 0.381. The summed E-state index contributed by atoms with van der Waals surface area (Å²) in [6.07, 6.45) is 0. The lowest BCUT2D eigenvalue weighted by Gasteiger charge is -2.36. The van der Waals surface area contributed by atoms with Crippen molar-refractivity contribution in [3.63, 3.8) is 0 Å². The summed E-state index contributed by atoms with van der Waals surface area (Å²) >= 11 is 0. The predicted octanol–water partition coefficient (Wildman–Crippen LogP) is 2.77. The summed E-state index contributed by atoms with van der Waals surface area (Å²) in [4.78, 5) is 9.33. The summed E-state index contributed by atoms with van der Waals surface area (Å²) in [7, 11) is 3.54. The van der Waals surface area contributed by atoms with Gasteiger partial charge in [-0.15, -0.1) is 0 Å². The van der Waals surface area contributed by atoms with Crippen LogP contribution in [0.3, 0.4) is 0 Å². The molecule has 0 unspecified atom stereocenters. The average Bonchev–Trinajstić information content (AvgIpc) is 2.71. The first kappa shape index (κ1) is 18.3. The number of nitrogens with zero attached hydrogens (tertiary/aromatic N) is 3. The molecule has 0 atom stereocenters. The van der Waals surface area contributed by atoms with Gasteiger partial charge in [0.2, 0.25) is 0 Å². The number of hydrogen-bond donors (Lipinski definition) is 0. The summed E-state index contributed by atoms with van der Waals surface area (Å²) in [5, 5.41) is 0. The number of piperazine rings is 1. The van der Waals surface area contributed by atoms with E-state index in [4.69, 9.17) is 9.47 Å². The second-order valence-corrected chi connectivity index (χ2v) is 6.27. The zero-order valence-corrected chi connectivity index (χ0v) is 15.6. The lowest BCUT2D eigenvalue weighted by molar-refractivity contribution is 0.154. The van der Waals surface area contributed by atoms with E-state index in [0.717, 1.165) is 50.1 Å². The normalized spacial score (nSPS) is 15.8. The van der Waals surface area contributed by atoms with E-state index in [1.165, 1.54) is 5.56 Å². The standard InChI is InChI=1S/C21H27N3O2/c1-22-21(18-6-4-3-5-7-18)24-14-12-23(13-15-24)16-17-26-20-10-8-19(25-2)9-11-20/h3-11H,12-17H2,1-2H3. The second-order valence-electron chi connectivity index (χ2n) is 6.27. The third kappa shape index (κ3) is 4.76. The van der Waals surface area contributed by atoms with Gasteiger partial charge in [-0.2, -0.15) is 0 Å². The minimum absolute atomic E-state index is 0.694. The van der Waals surface area contributed by atoms with Crippen LogP contribution in [0.4, 0.5) is 0 Å². The van der Waals surface area contributed by atoms with E-state index in [1.807, 2.05) is 37.4 Å². The van der Waals surface area contributed by atoms with E-state index in [1.54, 1.807) is 7.11 Å². The van der Waals surface area contributed by atoms with Crippen molar-refractivity contribution in [2.45, 2.75) is 0 Å². The summed E-state index contributed by atoms with van der Waals surface area (Å²) in [6.45, 7) is 5.66. The van der Waals surface area contributed by atoms with E-state index in [2.05, 4.69) is 39.1 Å². The molecule has 0 radical (unpaired) electrons. The minimum atomic E-state index is 0.694. The van der Waals surface area contributed by atoms with Crippen LogP contribution in [0.25, 0.3) is 0 Å². The molecule has 3 rings (SSSR count). The number of methoxy groups -OCH3 is 1.